The first-order chi connectivity index (χ1) is 13.3. The minimum atomic E-state index is -0.260. The molecule has 1 aliphatic rings. The summed E-state index contributed by atoms with van der Waals surface area (Å²) in [5.41, 5.74) is 2.82. The van der Waals surface area contributed by atoms with E-state index in [1.165, 1.54) is 5.56 Å². The molecular formula is C23H27ClN2O2. The Morgan fingerprint density at radius 2 is 1.86 bits per heavy atom. The topological polar surface area (TPSA) is 49.4 Å². The monoisotopic (exact) mass is 398 g/mol. The molecule has 1 fully saturated rings. The van der Waals surface area contributed by atoms with E-state index in [-0.39, 0.29) is 23.7 Å². The second-order valence-corrected chi connectivity index (χ2v) is 8.42. The zero-order valence-electron chi connectivity index (χ0n) is 16.6. The lowest BCUT2D eigenvalue weighted by Crippen LogP contribution is -2.37. The first kappa shape index (κ1) is 20.4. The molecule has 2 aromatic rings. The second kappa shape index (κ2) is 8.78. The number of benzene rings is 2. The normalized spacial score (nSPS) is 19.1. The molecule has 2 atom stereocenters. The van der Waals surface area contributed by atoms with Crippen molar-refractivity contribution in [3.05, 3.63) is 70.2 Å². The van der Waals surface area contributed by atoms with Crippen LogP contribution in [0.3, 0.4) is 0 Å². The van der Waals surface area contributed by atoms with E-state index in [0.29, 0.717) is 36.1 Å². The van der Waals surface area contributed by atoms with Crippen molar-refractivity contribution in [3.8, 4) is 0 Å². The van der Waals surface area contributed by atoms with Crippen molar-refractivity contribution >= 4 is 23.4 Å². The quantitative estimate of drug-likeness (QED) is 0.817. The molecule has 0 saturated carbocycles. The fourth-order valence-corrected chi connectivity index (χ4v) is 3.82. The summed E-state index contributed by atoms with van der Waals surface area (Å²) in [5, 5.41) is 3.58. The number of likely N-dealkylation sites (tertiary alicyclic amines) is 1. The number of halogens is 1. The van der Waals surface area contributed by atoms with Crippen molar-refractivity contribution in [2.24, 2.45) is 11.8 Å². The molecule has 2 aromatic carbocycles. The molecule has 1 saturated heterocycles. The van der Waals surface area contributed by atoms with Gasteiger partial charge in [0, 0.05) is 36.1 Å². The van der Waals surface area contributed by atoms with E-state index >= 15 is 0 Å². The van der Waals surface area contributed by atoms with E-state index in [2.05, 4.69) is 43.4 Å². The first-order valence-corrected chi connectivity index (χ1v) is 10.1. The highest BCUT2D eigenvalue weighted by Crippen LogP contribution is 2.34. The number of hydrogen-bond donors (Lipinski definition) is 1. The molecule has 0 bridgehead atoms. The largest absolute Gasteiger partial charge is 0.356 e. The fourth-order valence-electron chi connectivity index (χ4n) is 3.63. The molecule has 1 N–H and O–H groups in total. The van der Waals surface area contributed by atoms with E-state index in [1.54, 1.807) is 29.2 Å². The van der Waals surface area contributed by atoms with Crippen LogP contribution in [0, 0.1) is 18.8 Å². The van der Waals surface area contributed by atoms with Gasteiger partial charge in [0.1, 0.15) is 0 Å². The van der Waals surface area contributed by atoms with Gasteiger partial charge in [-0.05, 0) is 36.6 Å². The lowest BCUT2D eigenvalue weighted by molar-refractivity contribution is -0.125. The number of amides is 2. The van der Waals surface area contributed by atoms with Crippen molar-refractivity contribution < 1.29 is 9.59 Å². The van der Waals surface area contributed by atoms with Crippen molar-refractivity contribution in [2.45, 2.75) is 26.7 Å². The summed E-state index contributed by atoms with van der Waals surface area (Å²) in [4.78, 5) is 27.7. The summed E-state index contributed by atoms with van der Waals surface area (Å²) in [6.45, 7) is 7.75. The first-order valence-electron chi connectivity index (χ1n) is 9.74. The van der Waals surface area contributed by atoms with Gasteiger partial charge in [-0.25, -0.2) is 0 Å². The van der Waals surface area contributed by atoms with Crippen LogP contribution in [0.4, 0.5) is 0 Å². The third-order valence-corrected chi connectivity index (χ3v) is 5.44. The van der Waals surface area contributed by atoms with Crippen molar-refractivity contribution in [2.75, 3.05) is 19.6 Å². The van der Waals surface area contributed by atoms with Gasteiger partial charge in [0.25, 0.3) is 5.91 Å². The minimum absolute atomic E-state index is 0.0145. The number of nitrogens with one attached hydrogen (secondary N) is 1. The molecule has 2 unspecified atom stereocenters. The molecule has 1 aliphatic heterocycles. The van der Waals surface area contributed by atoms with Gasteiger partial charge in [0.2, 0.25) is 5.91 Å². The predicted octanol–water partition coefficient (Wildman–Crippen LogP) is 4.28. The van der Waals surface area contributed by atoms with E-state index < -0.39 is 0 Å². The number of nitrogens with zero attached hydrogens (tertiary/aromatic N) is 1. The Bertz CT molecular complexity index is 848. The maximum atomic E-state index is 13.0. The Morgan fingerprint density at radius 3 is 2.50 bits per heavy atom. The molecular weight excluding hydrogens is 372 g/mol. The highest BCUT2D eigenvalue weighted by Gasteiger charge is 2.40. The van der Waals surface area contributed by atoms with Gasteiger partial charge in [0.05, 0.1) is 5.92 Å². The minimum Gasteiger partial charge on any atom is -0.356 e. The molecule has 3 rings (SSSR count). The SMILES string of the molecule is Cc1ccc(C2CN(C(=O)c3cccc(Cl)c3)CC2C(=O)NCC(C)C)cc1. The van der Waals surface area contributed by atoms with Gasteiger partial charge in [-0.15, -0.1) is 0 Å². The van der Waals surface area contributed by atoms with E-state index in [1.807, 2.05) is 6.92 Å². The summed E-state index contributed by atoms with van der Waals surface area (Å²) in [5.74, 6) is 0.0345. The molecule has 0 spiro atoms. The molecule has 0 aromatic heterocycles. The van der Waals surface area contributed by atoms with Crippen LogP contribution in [0.5, 0.6) is 0 Å². The maximum Gasteiger partial charge on any atom is 0.253 e. The molecule has 2 amide bonds. The zero-order chi connectivity index (χ0) is 20.3. The average molecular weight is 399 g/mol. The summed E-state index contributed by atoms with van der Waals surface area (Å²) in [6.07, 6.45) is 0. The Labute approximate surface area is 171 Å². The summed E-state index contributed by atoms with van der Waals surface area (Å²) < 4.78 is 0. The molecule has 28 heavy (non-hydrogen) atoms. The van der Waals surface area contributed by atoms with Gasteiger partial charge >= 0.3 is 0 Å². The standard InChI is InChI=1S/C23H27ClN2O2/c1-15(2)12-25-22(27)21-14-26(23(28)18-5-4-6-19(24)11-18)13-20(21)17-9-7-16(3)8-10-17/h4-11,15,20-21H,12-14H2,1-3H3,(H,25,27). The number of aryl methyl sites for hydroxylation is 1. The third kappa shape index (κ3) is 4.74. The molecule has 0 aliphatic carbocycles. The van der Waals surface area contributed by atoms with Crippen LogP contribution in [-0.4, -0.2) is 36.3 Å². The Morgan fingerprint density at radius 1 is 1.14 bits per heavy atom. The highest BCUT2D eigenvalue weighted by molar-refractivity contribution is 6.30. The highest BCUT2D eigenvalue weighted by atomic mass is 35.5. The molecule has 148 valence electrons. The van der Waals surface area contributed by atoms with E-state index in [9.17, 15) is 9.59 Å². The Hall–Kier alpha value is -2.33. The molecule has 1 heterocycles. The van der Waals surface area contributed by atoms with Crippen LogP contribution in [0.15, 0.2) is 48.5 Å². The third-order valence-electron chi connectivity index (χ3n) is 5.21. The summed E-state index contributed by atoms with van der Waals surface area (Å²) in [7, 11) is 0. The molecule has 0 radical (unpaired) electrons. The molecule has 5 heteroatoms. The molecule has 4 nitrogen and oxygen atoms in total. The number of hydrogen-bond acceptors (Lipinski definition) is 2. The van der Waals surface area contributed by atoms with Crippen molar-refractivity contribution in [3.63, 3.8) is 0 Å². The Balaban J connectivity index is 1.84. The number of carbonyl (C=O) groups excluding carboxylic acids is 2. The average Bonchev–Trinajstić information content (AvgIpc) is 3.11. The summed E-state index contributed by atoms with van der Waals surface area (Å²) in [6, 6.07) is 15.2. The van der Waals surface area contributed by atoms with Crippen LogP contribution in [0.25, 0.3) is 0 Å². The smallest absolute Gasteiger partial charge is 0.253 e. The number of carbonyl (C=O) groups is 2. The van der Waals surface area contributed by atoms with Crippen LogP contribution >= 0.6 is 11.6 Å². The second-order valence-electron chi connectivity index (χ2n) is 7.98. The number of rotatable bonds is 5. The lowest BCUT2D eigenvalue weighted by Gasteiger charge is -2.19. The van der Waals surface area contributed by atoms with Crippen LogP contribution in [-0.2, 0) is 4.79 Å². The van der Waals surface area contributed by atoms with Crippen molar-refractivity contribution in [1.29, 1.82) is 0 Å². The lowest BCUT2D eigenvalue weighted by atomic mass is 9.88. The van der Waals surface area contributed by atoms with E-state index in [0.717, 1.165) is 5.56 Å². The Kier molecular flexibility index (Phi) is 6.40. The maximum absolute atomic E-state index is 13.0. The van der Waals surface area contributed by atoms with Crippen molar-refractivity contribution in [1.82, 2.24) is 10.2 Å². The van der Waals surface area contributed by atoms with Crippen LogP contribution < -0.4 is 5.32 Å². The zero-order valence-corrected chi connectivity index (χ0v) is 17.4. The van der Waals surface area contributed by atoms with Crippen LogP contribution in [0.2, 0.25) is 5.02 Å². The van der Waals surface area contributed by atoms with Gasteiger partial charge < -0.3 is 10.2 Å². The fraction of sp³-hybridized carbons (Fsp3) is 0.391. The van der Waals surface area contributed by atoms with Gasteiger partial charge in [-0.2, -0.15) is 0 Å². The van der Waals surface area contributed by atoms with E-state index in [4.69, 9.17) is 11.6 Å². The summed E-state index contributed by atoms with van der Waals surface area (Å²) >= 11 is 6.05. The van der Waals surface area contributed by atoms with Crippen LogP contribution in [0.1, 0.15) is 41.3 Å². The van der Waals surface area contributed by atoms with Gasteiger partial charge in [-0.3, -0.25) is 9.59 Å². The van der Waals surface area contributed by atoms with Gasteiger partial charge in [0.15, 0.2) is 0 Å². The van der Waals surface area contributed by atoms with Gasteiger partial charge in [-0.1, -0.05) is 61.3 Å². The predicted molar refractivity (Wildman–Crippen MR) is 113 cm³/mol.